The van der Waals surface area contributed by atoms with E-state index in [4.69, 9.17) is 42.7 Å². The Morgan fingerprint density at radius 3 is 2.30 bits per heavy atom. The predicted octanol–water partition coefficient (Wildman–Crippen LogP) is 9.81. The first-order valence-electron chi connectivity index (χ1n) is 19.7. The summed E-state index contributed by atoms with van der Waals surface area (Å²) in [7, 11) is 0. The molecule has 0 fully saturated rings. The van der Waals surface area contributed by atoms with Crippen molar-refractivity contribution >= 4 is 35.1 Å². The number of carbonyl (C=O) groups is 2. The van der Waals surface area contributed by atoms with Gasteiger partial charge in [0.1, 0.15) is 30.8 Å². The molecule has 0 bridgehead atoms. The smallest absolute Gasteiger partial charge is 0.326 e. The first-order chi connectivity index (χ1) is 29.5. The van der Waals surface area contributed by atoms with Crippen molar-refractivity contribution in [2.24, 2.45) is 0 Å². The van der Waals surface area contributed by atoms with Crippen LogP contribution in [0.1, 0.15) is 50.6 Å². The van der Waals surface area contributed by atoms with Crippen molar-refractivity contribution in [3.8, 4) is 34.4 Å². The van der Waals surface area contributed by atoms with E-state index in [0.717, 1.165) is 44.5 Å². The molecule has 0 aliphatic carbocycles. The lowest BCUT2D eigenvalue weighted by Crippen LogP contribution is -2.54. The molecule has 0 radical (unpaired) electrons. The third-order valence-corrected chi connectivity index (χ3v) is 11.9. The molecule has 2 aliphatic heterocycles. The number of hydrogen-bond donors (Lipinski definition) is 2. The van der Waals surface area contributed by atoms with E-state index in [9.17, 15) is 14.7 Å². The van der Waals surface area contributed by atoms with E-state index in [-0.39, 0.29) is 38.4 Å². The fourth-order valence-corrected chi connectivity index (χ4v) is 8.03. The van der Waals surface area contributed by atoms with Gasteiger partial charge in [0.25, 0.3) is 0 Å². The zero-order valence-corrected chi connectivity index (χ0v) is 34.6. The van der Waals surface area contributed by atoms with E-state index in [1.165, 1.54) is 6.07 Å². The van der Waals surface area contributed by atoms with Crippen molar-refractivity contribution in [2.75, 3.05) is 6.61 Å². The number of nitriles is 1. The number of carboxylic acid groups (broad SMARTS) is 1. The maximum Gasteiger partial charge on any atom is 0.326 e. The van der Waals surface area contributed by atoms with Gasteiger partial charge in [-0.15, -0.1) is 0 Å². The summed E-state index contributed by atoms with van der Waals surface area (Å²) in [6.07, 6.45) is -0.0999. The number of nitrogens with zero attached hydrogens (tertiary/aromatic N) is 2. The Balaban J connectivity index is 0.980. The topological polar surface area (TPSA) is 121 Å². The summed E-state index contributed by atoms with van der Waals surface area (Å²) < 4.78 is 34.0. The van der Waals surface area contributed by atoms with Crippen molar-refractivity contribution in [3.63, 3.8) is 0 Å². The molecule has 9 nitrogen and oxygen atoms in total. The Hall–Kier alpha value is -6.38. The molecule has 0 aromatic heterocycles. The first kappa shape index (κ1) is 41.4. The van der Waals surface area contributed by atoms with Crippen LogP contribution in [0.15, 0.2) is 121 Å². The summed E-state index contributed by atoms with van der Waals surface area (Å²) in [5.41, 5.74) is 7.86. The van der Waals surface area contributed by atoms with Gasteiger partial charge >= 0.3 is 5.97 Å². The van der Waals surface area contributed by atoms with E-state index in [1.54, 1.807) is 30.3 Å². The van der Waals surface area contributed by atoms with Crippen molar-refractivity contribution in [3.05, 3.63) is 182 Å². The summed E-state index contributed by atoms with van der Waals surface area (Å²) in [5, 5.41) is 23.2. The highest BCUT2D eigenvalue weighted by Gasteiger charge is 2.36. The van der Waals surface area contributed by atoms with Gasteiger partial charge in [0.2, 0.25) is 5.91 Å². The van der Waals surface area contributed by atoms with E-state index in [1.807, 2.05) is 96.8 Å². The van der Waals surface area contributed by atoms with Crippen LogP contribution in [0.3, 0.4) is 0 Å². The second-order valence-electron chi connectivity index (χ2n) is 15.2. The van der Waals surface area contributed by atoms with Crippen LogP contribution < -0.4 is 19.5 Å². The molecule has 308 valence electrons. The average Bonchev–Trinajstić information content (AvgIpc) is 3.27. The van der Waals surface area contributed by atoms with Crippen LogP contribution in [-0.4, -0.2) is 40.6 Å². The van der Waals surface area contributed by atoms with Crippen LogP contribution in [0.2, 0.25) is 10.0 Å². The number of amides is 1. The lowest BCUT2D eigenvalue weighted by Gasteiger charge is -2.38. The predicted molar refractivity (Wildman–Crippen MR) is 230 cm³/mol. The molecular formula is C49H40Cl2FN3O6. The van der Waals surface area contributed by atoms with Crippen LogP contribution in [0.5, 0.6) is 17.2 Å². The van der Waals surface area contributed by atoms with Crippen molar-refractivity contribution in [1.29, 1.82) is 5.26 Å². The van der Waals surface area contributed by atoms with Gasteiger partial charge in [-0.2, -0.15) is 5.26 Å². The Morgan fingerprint density at radius 2 is 1.61 bits per heavy atom. The van der Waals surface area contributed by atoms with Crippen LogP contribution >= 0.6 is 23.2 Å². The molecule has 6 aromatic carbocycles. The number of hydrogen-bond acceptors (Lipinski definition) is 7. The monoisotopic (exact) mass is 855 g/mol. The summed E-state index contributed by atoms with van der Waals surface area (Å²) in [6.45, 7) is 2.81. The zero-order chi connectivity index (χ0) is 42.6. The third-order valence-electron chi connectivity index (χ3n) is 11.2. The Morgan fingerprint density at radius 1 is 0.902 bits per heavy atom. The molecule has 8 rings (SSSR count). The molecule has 2 N–H and O–H groups in total. The van der Waals surface area contributed by atoms with E-state index in [2.05, 4.69) is 11.4 Å². The molecule has 61 heavy (non-hydrogen) atoms. The minimum Gasteiger partial charge on any atom is -0.489 e. The zero-order valence-electron chi connectivity index (χ0n) is 33.0. The van der Waals surface area contributed by atoms with Crippen LogP contribution in [-0.2, 0) is 42.1 Å². The highest BCUT2D eigenvalue weighted by molar-refractivity contribution is 6.42. The number of nitrogens with one attached hydrogen (secondary N) is 1. The highest BCUT2D eigenvalue weighted by Crippen LogP contribution is 2.41. The summed E-state index contributed by atoms with van der Waals surface area (Å²) in [4.78, 5) is 28.7. The number of aliphatic carboxylic acids is 1. The standard InChI is InChI=1S/C49H40Cl2FN3O6/c1-29-3-2-4-42(52)39(29)26-55-25-37-23-46-45(60-28-47(61-46)35-14-16-38(17-15-35)59-27-32-9-18-40(50)41(51)19-32)22-36(37)21-44(55)48(56)54-43(49(57)58)20-30-5-10-33(11-6-30)34-12-7-31(24-53)8-13-34/h2-19,22-23,43-44,47H,20-21,25-28H2,1H3,(H,54,56)(H,57,58)/t43-,44-,47?/m0/s1. The van der Waals surface area contributed by atoms with Crippen LogP contribution in [0.25, 0.3) is 11.1 Å². The number of fused-ring (bicyclic) bond motifs is 2. The number of aryl methyl sites for hydroxylation is 1. The largest absolute Gasteiger partial charge is 0.489 e. The normalized spacial score (nSPS) is 16.2. The van der Waals surface area contributed by atoms with E-state index >= 15 is 4.39 Å². The molecule has 0 saturated carbocycles. The molecule has 0 spiro atoms. The molecule has 0 saturated heterocycles. The van der Waals surface area contributed by atoms with Gasteiger partial charge in [-0.05, 0) is 112 Å². The van der Waals surface area contributed by atoms with E-state index < -0.39 is 30.1 Å². The van der Waals surface area contributed by atoms with Gasteiger partial charge in [-0.1, -0.05) is 89.9 Å². The number of benzene rings is 6. The van der Waals surface area contributed by atoms with Gasteiger partial charge in [0.15, 0.2) is 17.6 Å². The fraction of sp³-hybridized carbons (Fsp3) is 0.204. The summed E-state index contributed by atoms with van der Waals surface area (Å²) in [5.74, 6) is -0.252. The molecule has 3 atom stereocenters. The van der Waals surface area contributed by atoms with Crippen molar-refractivity contribution in [2.45, 2.75) is 57.6 Å². The van der Waals surface area contributed by atoms with Gasteiger partial charge in [-0.3, -0.25) is 9.69 Å². The first-order valence-corrected chi connectivity index (χ1v) is 20.5. The second kappa shape index (κ2) is 18.1. The van der Waals surface area contributed by atoms with Gasteiger partial charge in [0.05, 0.1) is 27.7 Å². The maximum atomic E-state index is 15.3. The lowest BCUT2D eigenvalue weighted by atomic mass is 9.91. The molecule has 12 heteroatoms. The van der Waals surface area contributed by atoms with Gasteiger partial charge in [-0.25, -0.2) is 9.18 Å². The molecule has 6 aromatic rings. The SMILES string of the molecule is Cc1cccc(F)c1CN1Cc2cc3c(cc2C[C@H]1C(=O)N[C@@H](Cc1ccc(-c2ccc(C#N)cc2)cc1)C(=O)O)OCC(c1ccc(OCc2ccc(Cl)c(Cl)c2)cc1)O3. The number of halogens is 3. The molecule has 1 amide bonds. The van der Waals surface area contributed by atoms with Gasteiger partial charge in [0, 0.05) is 25.1 Å². The number of carbonyl (C=O) groups excluding carboxylic acids is 1. The molecule has 1 unspecified atom stereocenters. The van der Waals surface area contributed by atoms with Crippen molar-refractivity contribution in [1.82, 2.24) is 10.2 Å². The number of ether oxygens (including phenoxy) is 3. The third kappa shape index (κ3) is 9.50. The quantitative estimate of drug-likeness (QED) is 0.125. The minimum atomic E-state index is -1.22. The number of carboxylic acids is 1. The van der Waals surface area contributed by atoms with Crippen LogP contribution in [0, 0.1) is 24.1 Å². The highest BCUT2D eigenvalue weighted by atomic mass is 35.5. The minimum absolute atomic E-state index is 0.0544. The van der Waals surface area contributed by atoms with Gasteiger partial charge < -0.3 is 24.6 Å². The summed E-state index contributed by atoms with van der Waals surface area (Å²) in [6, 6.07) is 36.4. The van der Waals surface area contributed by atoms with E-state index in [0.29, 0.717) is 45.0 Å². The number of rotatable bonds is 12. The molecule has 2 aliphatic rings. The molecular weight excluding hydrogens is 816 g/mol. The average molecular weight is 857 g/mol. The lowest BCUT2D eigenvalue weighted by molar-refractivity contribution is -0.142. The maximum absolute atomic E-state index is 15.3. The second-order valence-corrected chi connectivity index (χ2v) is 16.1. The Labute approximate surface area is 362 Å². The Kier molecular flexibility index (Phi) is 12.3. The Bertz CT molecular complexity index is 2610. The molecule has 2 heterocycles. The summed E-state index contributed by atoms with van der Waals surface area (Å²) >= 11 is 12.2. The fourth-order valence-electron chi connectivity index (χ4n) is 7.71. The van der Waals surface area contributed by atoms with Crippen molar-refractivity contribution < 1.29 is 33.3 Å². The van der Waals surface area contributed by atoms with Crippen LogP contribution in [0.4, 0.5) is 4.39 Å².